The van der Waals surface area contributed by atoms with E-state index in [1.54, 1.807) is 32.0 Å². The van der Waals surface area contributed by atoms with Crippen LogP contribution < -0.4 is 10.1 Å². The van der Waals surface area contributed by atoms with Crippen molar-refractivity contribution >= 4 is 34.5 Å². The normalized spacial score (nSPS) is 16.9. The zero-order valence-corrected chi connectivity index (χ0v) is 18.9. The van der Waals surface area contributed by atoms with Crippen LogP contribution in [0.2, 0.25) is 0 Å². The lowest BCUT2D eigenvalue weighted by molar-refractivity contribution is -0.139. The maximum Gasteiger partial charge on any atom is 0.338 e. The summed E-state index contributed by atoms with van der Waals surface area (Å²) in [6, 6.07) is 12.3. The van der Waals surface area contributed by atoms with Crippen molar-refractivity contribution in [2.45, 2.75) is 19.9 Å². The van der Waals surface area contributed by atoms with Gasteiger partial charge in [0.05, 0.1) is 23.9 Å². The van der Waals surface area contributed by atoms with Crippen molar-refractivity contribution < 1.29 is 23.5 Å². The first kappa shape index (κ1) is 22.6. The third-order valence-electron chi connectivity index (χ3n) is 4.99. The van der Waals surface area contributed by atoms with E-state index >= 15 is 0 Å². The standard InChI is InChI=1S/C24H22FN3O4S/c1-3-31-23(30)21-15(2)26-24-28(11-12-33-24)22(21)16-5-4-6-19(13-16)32-14-20(29)27-18-9-7-17(25)8-10-18/h4-13,22H,3,14H2,1-2H3,(H,27,29)/t22-/m1/s1. The monoisotopic (exact) mass is 467 g/mol. The number of amidine groups is 1. The Morgan fingerprint density at radius 3 is 2.76 bits per heavy atom. The van der Waals surface area contributed by atoms with Gasteiger partial charge in [0.25, 0.3) is 5.91 Å². The molecule has 0 aliphatic carbocycles. The summed E-state index contributed by atoms with van der Waals surface area (Å²) in [5, 5.41) is 5.34. The minimum atomic E-state index is -0.431. The number of thioether (sulfide) groups is 1. The van der Waals surface area contributed by atoms with Gasteiger partial charge in [-0.2, -0.15) is 0 Å². The van der Waals surface area contributed by atoms with E-state index in [1.807, 2.05) is 22.6 Å². The molecule has 0 bridgehead atoms. The van der Waals surface area contributed by atoms with Gasteiger partial charge in [-0.1, -0.05) is 23.9 Å². The molecule has 170 valence electrons. The fraction of sp³-hybridized carbons (Fsp3) is 0.208. The van der Waals surface area contributed by atoms with Crippen LogP contribution in [0.15, 0.2) is 76.4 Å². The van der Waals surface area contributed by atoms with E-state index in [9.17, 15) is 14.0 Å². The first-order valence-electron chi connectivity index (χ1n) is 10.3. The van der Waals surface area contributed by atoms with Gasteiger partial charge in [0, 0.05) is 11.9 Å². The van der Waals surface area contributed by atoms with Crippen LogP contribution >= 0.6 is 11.8 Å². The lowest BCUT2D eigenvalue weighted by atomic mass is 9.94. The third kappa shape index (κ3) is 5.09. The van der Waals surface area contributed by atoms with E-state index in [0.29, 0.717) is 22.7 Å². The minimum absolute atomic E-state index is 0.225. The summed E-state index contributed by atoms with van der Waals surface area (Å²) in [5.74, 6) is -0.698. The number of allylic oxidation sites excluding steroid dienone is 1. The van der Waals surface area contributed by atoms with Crippen LogP contribution in [0, 0.1) is 5.82 Å². The molecule has 0 spiro atoms. The highest BCUT2D eigenvalue weighted by atomic mass is 32.2. The van der Waals surface area contributed by atoms with Crippen molar-refractivity contribution in [1.29, 1.82) is 0 Å². The van der Waals surface area contributed by atoms with E-state index in [-0.39, 0.29) is 24.9 Å². The number of amides is 1. The van der Waals surface area contributed by atoms with Gasteiger partial charge in [-0.05, 0) is 61.2 Å². The highest BCUT2D eigenvalue weighted by Gasteiger charge is 2.37. The molecule has 0 radical (unpaired) electrons. The fourth-order valence-electron chi connectivity index (χ4n) is 3.55. The van der Waals surface area contributed by atoms with Gasteiger partial charge < -0.3 is 19.7 Å². The lowest BCUT2D eigenvalue weighted by Gasteiger charge is -2.33. The number of halogens is 1. The minimum Gasteiger partial charge on any atom is -0.484 e. The van der Waals surface area contributed by atoms with Crippen LogP contribution in [-0.2, 0) is 14.3 Å². The average molecular weight is 468 g/mol. The van der Waals surface area contributed by atoms with Crippen LogP contribution in [0.3, 0.4) is 0 Å². The summed E-state index contributed by atoms with van der Waals surface area (Å²) >= 11 is 1.48. The molecule has 0 saturated carbocycles. The first-order valence-corrected chi connectivity index (χ1v) is 11.2. The maximum atomic E-state index is 13.0. The highest BCUT2D eigenvalue weighted by molar-refractivity contribution is 8.16. The van der Waals surface area contributed by atoms with E-state index in [1.165, 1.54) is 36.0 Å². The van der Waals surface area contributed by atoms with Crippen molar-refractivity contribution in [3.8, 4) is 5.75 Å². The van der Waals surface area contributed by atoms with Crippen molar-refractivity contribution in [3.05, 3.63) is 82.8 Å². The number of carbonyl (C=O) groups excluding carboxylic acids is 2. The number of rotatable bonds is 7. The Balaban J connectivity index is 1.52. The fourth-order valence-corrected chi connectivity index (χ4v) is 4.34. The molecule has 1 amide bonds. The average Bonchev–Trinajstić information content (AvgIpc) is 3.26. The Labute approximate surface area is 195 Å². The molecule has 0 saturated heterocycles. The molecule has 1 atom stereocenters. The van der Waals surface area contributed by atoms with Crippen molar-refractivity contribution in [2.75, 3.05) is 18.5 Å². The zero-order valence-electron chi connectivity index (χ0n) is 18.1. The molecule has 7 nitrogen and oxygen atoms in total. The SMILES string of the molecule is CCOC(=O)C1=C(C)N=C2SC=CN2[C@@H]1c1cccc(OCC(=O)Nc2ccc(F)cc2)c1. The topological polar surface area (TPSA) is 80.2 Å². The molecular weight excluding hydrogens is 445 g/mol. The molecule has 2 aromatic rings. The van der Waals surface area contributed by atoms with Gasteiger partial charge >= 0.3 is 5.97 Å². The molecule has 2 aliphatic rings. The van der Waals surface area contributed by atoms with Crippen LogP contribution in [-0.4, -0.2) is 35.2 Å². The number of carbonyl (C=O) groups is 2. The Morgan fingerprint density at radius 1 is 1.21 bits per heavy atom. The second kappa shape index (κ2) is 9.91. The van der Waals surface area contributed by atoms with Crippen LogP contribution in [0.25, 0.3) is 0 Å². The number of ether oxygens (including phenoxy) is 2. The summed E-state index contributed by atoms with van der Waals surface area (Å²) in [5.41, 5.74) is 2.34. The third-order valence-corrected chi connectivity index (χ3v) is 5.76. The second-order valence-electron chi connectivity index (χ2n) is 7.24. The molecule has 2 aromatic carbocycles. The van der Waals surface area contributed by atoms with Crippen molar-refractivity contribution in [3.63, 3.8) is 0 Å². The molecule has 4 rings (SSSR count). The predicted molar refractivity (Wildman–Crippen MR) is 125 cm³/mol. The Bertz CT molecular complexity index is 1160. The second-order valence-corrected chi connectivity index (χ2v) is 8.12. The molecule has 33 heavy (non-hydrogen) atoms. The Morgan fingerprint density at radius 2 is 2.00 bits per heavy atom. The van der Waals surface area contributed by atoms with Gasteiger partial charge in [-0.3, -0.25) is 4.79 Å². The van der Waals surface area contributed by atoms with E-state index < -0.39 is 12.0 Å². The van der Waals surface area contributed by atoms with Gasteiger partial charge in [-0.25, -0.2) is 14.2 Å². The van der Waals surface area contributed by atoms with Gasteiger partial charge in [0.1, 0.15) is 11.6 Å². The van der Waals surface area contributed by atoms with Gasteiger partial charge in [0.15, 0.2) is 11.8 Å². The molecule has 0 aromatic heterocycles. The number of anilines is 1. The van der Waals surface area contributed by atoms with Crippen molar-refractivity contribution in [1.82, 2.24) is 4.90 Å². The van der Waals surface area contributed by atoms with Gasteiger partial charge in [-0.15, -0.1) is 0 Å². The number of esters is 1. The molecule has 2 heterocycles. The van der Waals surface area contributed by atoms with Crippen LogP contribution in [0.4, 0.5) is 10.1 Å². The Hall–Kier alpha value is -3.59. The summed E-state index contributed by atoms with van der Waals surface area (Å²) in [6.45, 7) is 3.59. The number of nitrogens with zero attached hydrogens (tertiary/aromatic N) is 2. The van der Waals surface area contributed by atoms with Gasteiger partial charge in [0.2, 0.25) is 0 Å². The van der Waals surface area contributed by atoms with Crippen LogP contribution in [0.5, 0.6) is 5.75 Å². The summed E-state index contributed by atoms with van der Waals surface area (Å²) in [4.78, 5) is 31.5. The van der Waals surface area contributed by atoms with E-state index in [0.717, 1.165) is 10.7 Å². The molecular formula is C24H22FN3O4S. The summed E-state index contributed by atoms with van der Waals surface area (Å²) < 4.78 is 24.0. The molecule has 1 N–H and O–H groups in total. The van der Waals surface area contributed by atoms with E-state index in [4.69, 9.17) is 9.47 Å². The van der Waals surface area contributed by atoms with Crippen molar-refractivity contribution in [2.24, 2.45) is 4.99 Å². The number of nitrogens with one attached hydrogen (secondary N) is 1. The predicted octanol–water partition coefficient (Wildman–Crippen LogP) is 4.61. The molecule has 9 heteroatoms. The quantitative estimate of drug-likeness (QED) is 0.599. The van der Waals surface area contributed by atoms with Crippen LogP contribution in [0.1, 0.15) is 25.5 Å². The largest absolute Gasteiger partial charge is 0.484 e. The zero-order chi connectivity index (χ0) is 23.4. The molecule has 2 aliphatic heterocycles. The van der Waals surface area contributed by atoms with E-state index in [2.05, 4.69) is 10.3 Å². The number of aliphatic imine (C=N–C) groups is 1. The maximum absolute atomic E-state index is 13.0. The molecule has 0 unspecified atom stereocenters. The summed E-state index contributed by atoms with van der Waals surface area (Å²) in [6.07, 6.45) is 1.88. The first-order chi connectivity index (χ1) is 16.0. The number of hydrogen-bond donors (Lipinski definition) is 1. The smallest absolute Gasteiger partial charge is 0.338 e. The Kier molecular flexibility index (Phi) is 6.79. The molecule has 0 fully saturated rings. The number of benzene rings is 2. The lowest BCUT2D eigenvalue weighted by Crippen LogP contribution is -2.34. The highest BCUT2D eigenvalue weighted by Crippen LogP contribution is 2.41. The summed E-state index contributed by atoms with van der Waals surface area (Å²) in [7, 11) is 0. The number of fused-ring (bicyclic) bond motifs is 1. The number of hydrogen-bond acceptors (Lipinski definition) is 7.